The lowest BCUT2D eigenvalue weighted by molar-refractivity contribution is -0.131. The molecule has 0 N–H and O–H groups in total. The van der Waals surface area contributed by atoms with E-state index in [2.05, 4.69) is 4.74 Å². The van der Waals surface area contributed by atoms with Crippen molar-refractivity contribution in [1.82, 2.24) is 0 Å². The van der Waals surface area contributed by atoms with Crippen molar-refractivity contribution in [1.29, 1.82) is 0 Å². The Labute approximate surface area is 67.8 Å². The van der Waals surface area contributed by atoms with Gasteiger partial charge in [-0.3, -0.25) is 4.79 Å². The lowest BCUT2D eigenvalue weighted by Gasteiger charge is -1.98. The molecule has 0 aliphatic rings. The fourth-order valence-electron chi connectivity index (χ4n) is 0.610. The van der Waals surface area contributed by atoms with Crippen LogP contribution in [0, 0.1) is 5.82 Å². The fraction of sp³-hybridized carbons (Fsp3) is 0.125. The van der Waals surface area contributed by atoms with Crippen molar-refractivity contribution in [2.24, 2.45) is 0 Å². The summed E-state index contributed by atoms with van der Waals surface area (Å²) in [5.41, 5.74) is 0. The number of carbonyl (C=O) groups excluding carboxylic acids is 1. The summed E-state index contributed by atoms with van der Waals surface area (Å²) in [5.74, 6) is -1.81. The first-order chi connectivity index (χ1) is 6.39. The molecule has 0 fully saturated rings. The molecule has 1 aromatic rings. The molecule has 0 radical (unpaired) electrons. The second-order valence-corrected chi connectivity index (χ2v) is 1.84. The first-order valence-corrected chi connectivity index (χ1v) is 2.87. The first kappa shape index (κ1) is 4.49. The number of halogens is 1. The van der Waals surface area contributed by atoms with Gasteiger partial charge >= 0.3 is 5.97 Å². The quantitative estimate of drug-likeness (QED) is 0.458. The van der Waals surface area contributed by atoms with Gasteiger partial charge in [0.2, 0.25) is 0 Å². The Kier molecular flexibility index (Phi) is 1.28. The smallest absolute Gasteiger partial charge is 0.308 e. The standard InChI is InChI=1S/C8H7FO2/c1-6(10)11-8-4-2-7(9)3-5-8/h2-5H,1H3/i1D3. The fourth-order valence-corrected chi connectivity index (χ4v) is 0.610. The number of rotatable bonds is 1. The summed E-state index contributed by atoms with van der Waals surface area (Å²) in [4.78, 5) is 10.8. The Balaban J connectivity index is 2.71. The van der Waals surface area contributed by atoms with E-state index in [0.717, 1.165) is 12.1 Å². The SMILES string of the molecule is [2H]C([2H])([2H])C(=O)Oc1ccc(F)cc1. The van der Waals surface area contributed by atoms with E-state index >= 15 is 0 Å². The number of esters is 1. The van der Waals surface area contributed by atoms with Crippen molar-refractivity contribution in [3.63, 3.8) is 0 Å². The van der Waals surface area contributed by atoms with Crippen LogP contribution in [0.15, 0.2) is 24.3 Å². The number of hydrogen-bond acceptors (Lipinski definition) is 2. The molecule has 58 valence electrons. The van der Waals surface area contributed by atoms with Crippen LogP contribution in [0.3, 0.4) is 0 Å². The first-order valence-electron chi connectivity index (χ1n) is 4.37. The van der Waals surface area contributed by atoms with E-state index in [-0.39, 0.29) is 5.75 Å². The van der Waals surface area contributed by atoms with Crippen LogP contribution >= 0.6 is 0 Å². The Morgan fingerprint density at radius 2 is 2.18 bits per heavy atom. The van der Waals surface area contributed by atoms with E-state index in [1.54, 1.807) is 0 Å². The molecular formula is C8H7FO2. The number of ether oxygens (including phenoxy) is 1. The minimum absolute atomic E-state index is 0.00697. The van der Waals surface area contributed by atoms with Crippen molar-refractivity contribution >= 4 is 5.97 Å². The molecule has 0 aliphatic carbocycles. The molecule has 0 unspecified atom stereocenters. The van der Waals surface area contributed by atoms with Gasteiger partial charge in [0.05, 0.1) is 0 Å². The van der Waals surface area contributed by atoms with E-state index in [4.69, 9.17) is 4.11 Å². The van der Waals surface area contributed by atoms with Crippen molar-refractivity contribution in [3.8, 4) is 5.75 Å². The molecule has 0 saturated carbocycles. The zero-order chi connectivity index (χ0) is 10.8. The maximum Gasteiger partial charge on any atom is 0.308 e. The van der Waals surface area contributed by atoms with E-state index in [1.807, 2.05) is 0 Å². The lowest BCUT2D eigenvalue weighted by Crippen LogP contribution is -2.00. The summed E-state index contributed by atoms with van der Waals surface area (Å²) in [5, 5.41) is 0. The topological polar surface area (TPSA) is 26.3 Å². The number of carbonyl (C=O) groups is 1. The Bertz CT molecular complexity index is 331. The van der Waals surface area contributed by atoms with Gasteiger partial charge in [-0.1, -0.05) is 0 Å². The molecular weight excluding hydrogens is 147 g/mol. The zero-order valence-corrected chi connectivity index (χ0v) is 5.50. The molecule has 11 heavy (non-hydrogen) atoms. The second kappa shape index (κ2) is 3.14. The highest BCUT2D eigenvalue weighted by molar-refractivity contribution is 5.69. The Hall–Kier alpha value is -1.38. The molecule has 0 spiro atoms. The molecule has 0 saturated heterocycles. The van der Waals surface area contributed by atoms with Crippen molar-refractivity contribution in [3.05, 3.63) is 30.1 Å². The van der Waals surface area contributed by atoms with Gasteiger partial charge in [0.25, 0.3) is 0 Å². The van der Waals surface area contributed by atoms with Crippen LogP contribution in [0.5, 0.6) is 5.75 Å². The van der Waals surface area contributed by atoms with Gasteiger partial charge in [-0.25, -0.2) is 4.39 Å². The predicted molar refractivity (Wildman–Crippen MR) is 37.7 cm³/mol. The van der Waals surface area contributed by atoms with Crippen molar-refractivity contribution < 1.29 is 18.0 Å². The van der Waals surface area contributed by atoms with Crippen LogP contribution in [0.25, 0.3) is 0 Å². The van der Waals surface area contributed by atoms with E-state index in [1.165, 1.54) is 12.1 Å². The maximum absolute atomic E-state index is 12.4. The highest BCUT2D eigenvalue weighted by Gasteiger charge is 1.96. The van der Waals surface area contributed by atoms with Crippen LogP contribution in [-0.2, 0) is 4.79 Å². The summed E-state index contributed by atoms with van der Waals surface area (Å²) >= 11 is 0. The molecule has 1 aromatic carbocycles. The monoisotopic (exact) mass is 157 g/mol. The van der Waals surface area contributed by atoms with Gasteiger partial charge in [0.1, 0.15) is 11.6 Å². The number of benzene rings is 1. The second-order valence-electron chi connectivity index (χ2n) is 1.84. The molecule has 1 rings (SSSR count). The molecule has 2 nitrogen and oxygen atoms in total. The summed E-state index contributed by atoms with van der Waals surface area (Å²) in [7, 11) is 0. The predicted octanol–water partition coefficient (Wildman–Crippen LogP) is 1.75. The summed E-state index contributed by atoms with van der Waals surface area (Å²) in [6.07, 6.45) is 0. The third kappa shape index (κ3) is 2.37. The zero-order valence-electron chi connectivity index (χ0n) is 8.50. The van der Waals surface area contributed by atoms with E-state index in [0.29, 0.717) is 0 Å². The van der Waals surface area contributed by atoms with Crippen LogP contribution < -0.4 is 4.74 Å². The summed E-state index contributed by atoms with van der Waals surface area (Å²) in [6.45, 7) is -2.80. The molecule has 0 bridgehead atoms. The molecule has 3 heteroatoms. The van der Waals surface area contributed by atoms with Gasteiger partial charge < -0.3 is 4.74 Å². The van der Waals surface area contributed by atoms with Crippen LogP contribution in [0.4, 0.5) is 4.39 Å². The third-order valence-electron chi connectivity index (χ3n) is 1.02. The van der Waals surface area contributed by atoms with Crippen LogP contribution in [0.2, 0.25) is 0 Å². The summed E-state index contributed by atoms with van der Waals surface area (Å²) in [6, 6.07) is 4.50. The molecule has 0 atom stereocenters. The molecule has 0 amide bonds. The minimum atomic E-state index is -2.80. The summed E-state index contributed by atoms with van der Waals surface area (Å²) < 4.78 is 37.0. The average Bonchev–Trinajstić information content (AvgIpc) is 2.07. The number of hydrogen-bond donors (Lipinski definition) is 0. The van der Waals surface area contributed by atoms with Crippen molar-refractivity contribution in [2.75, 3.05) is 0 Å². The van der Waals surface area contributed by atoms with Gasteiger partial charge in [-0.15, -0.1) is 0 Å². The third-order valence-corrected chi connectivity index (χ3v) is 1.02. The van der Waals surface area contributed by atoms with Gasteiger partial charge in [-0.05, 0) is 24.3 Å². The van der Waals surface area contributed by atoms with Gasteiger partial charge in [0, 0.05) is 11.0 Å². The van der Waals surface area contributed by atoms with Crippen molar-refractivity contribution in [2.45, 2.75) is 6.85 Å². The average molecular weight is 157 g/mol. The Morgan fingerprint density at radius 3 is 2.73 bits per heavy atom. The molecule has 0 heterocycles. The molecule has 0 aromatic heterocycles. The highest BCUT2D eigenvalue weighted by atomic mass is 19.1. The van der Waals surface area contributed by atoms with Crippen LogP contribution in [0.1, 0.15) is 11.0 Å². The lowest BCUT2D eigenvalue weighted by atomic mass is 10.3. The highest BCUT2D eigenvalue weighted by Crippen LogP contribution is 2.10. The molecule has 0 aliphatic heterocycles. The largest absolute Gasteiger partial charge is 0.427 e. The normalized spacial score (nSPS) is 14.5. The maximum atomic E-state index is 12.4. The van der Waals surface area contributed by atoms with Gasteiger partial charge in [0.15, 0.2) is 0 Å². The minimum Gasteiger partial charge on any atom is -0.427 e. The van der Waals surface area contributed by atoms with Gasteiger partial charge in [-0.2, -0.15) is 0 Å². The van der Waals surface area contributed by atoms with E-state index in [9.17, 15) is 9.18 Å². The van der Waals surface area contributed by atoms with Crippen LogP contribution in [-0.4, -0.2) is 5.97 Å². The Morgan fingerprint density at radius 1 is 1.55 bits per heavy atom. The van der Waals surface area contributed by atoms with E-state index < -0.39 is 18.6 Å².